The molecule has 4 rings (SSSR count). The molecule has 0 radical (unpaired) electrons. The number of aromatic nitrogens is 4. The zero-order valence-electron chi connectivity index (χ0n) is 16.8. The molecule has 1 aliphatic rings. The Morgan fingerprint density at radius 3 is 2.72 bits per heavy atom. The maximum atomic E-state index is 5.74. The Hall–Kier alpha value is -3.19. The normalized spacial score (nSPS) is 14.5. The number of rotatable bonds is 6. The molecule has 0 amide bonds. The number of ether oxygens (including phenoxy) is 2. The van der Waals surface area contributed by atoms with Crippen LogP contribution in [0.4, 0.5) is 5.82 Å². The van der Waals surface area contributed by atoms with Gasteiger partial charge in [-0.05, 0) is 26.0 Å². The van der Waals surface area contributed by atoms with Crippen LogP contribution in [0.1, 0.15) is 12.5 Å². The van der Waals surface area contributed by atoms with Crippen LogP contribution < -0.4 is 9.64 Å². The van der Waals surface area contributed by atoms with Gasteiger partial charge in [-0.3, -0.25) is 0 Å². The topological polar surface area (TPSA) is 65.3 Å². The number of nitrogens with zero attached hydrogens (tertiary/aromatic N) is 5. The number of anilines is 1. The van der Waals surface area contributed by atoms with Crippen molar-refractivity contribution >= 4 is 5.82 Å². The Labute approximate surface area is 170 Å². The van der Waals surface area contributed by atoms with Crippen LogP contribution in [0.3, 0.4) is 0 Å². The summed E-state index contributed by atoms with van der Waals surface area (Å²) >= 11 is 0. The van der Waals surface area contributed by atoms with E-state index in [1.165, 1.54) is 5.56 Å². The fourth-order valence-corrected chi connectivity index (χ4v) is 3.17. The molecule has 2 aromatic heterocycles. The predicted octanol–water partition coefficient (Wildman–Crippen LogP) is 3.43. The average Bonchev–Trinajstić information content (AvgIpc) is 3.25. The van der Waals surface area contributed by atoms with Crippen LogP contribution in [0.5, 0.6) is 6.01 Å². The monoisotopic (exact) mass is 391 g/mol. The Kier molecular flexibility index (Phi) is 5.86. The highest BCUT2D eigenvalue weighted by molar-refractivity contribution is 5.60. The molecule has 7 nitrogen and oxygen atoms in total. The summed E-state index contributed by atoms with van der Waals surface area (Å²) in [5.41, 5.74) is 3.18. The van der Waals surface area contributed by atoms with Crippen molar-refractivity contribution in [2.75, 3.05) is 37.8 Å². The van der Waals surface area contributed by atoms with Crippen molar-refractivity contribution in [1.82, 2.24) is 19.7 Å². The molecule has 0 N–H and O–H groups in total. The van der Waals surface area contributed by atoms with E-state index >= 15 is 0 Å². The first-order valence-electron chi connectivity index (χ1n) is 9.82. The Balaban J connectivity index is 1.67. The van der Waals surface area contributed by atoms with E-state index in [2.05, 4.69) is 40.0 Å². The fraction of sp³-hybridized carbons (Fsp3) is 0.318. The molecule has 3 heterocycles. The molecule has 1 aliphatic heterocycles. The smallest absolute Gasteiger partial charge is 0.320 e. The van der Waals surface area contributed by atoms with E-state index in [0.717, 1.165) is 30.2 Å². The summed E-state index contributed by atoms with van der Waals surface area (Å²) in [4.78, 5) is 11.3. The van der Waals surface area contributed by atoms with Crippen LogP contribution in [-0.2, 0) is 4.74 Å². The molecule has 29 heavy (non-hydrogen) atoms. The van der Waals surface area contributed by atoms with Crippen LogP contribution in [0.25, 0.3) is 17.1 Å². The highest BCUT2D eigenvalue weighted by Gasteiger charge is 2.17. The van der Waals surface area contributed by atoms with Crippen LogP contribution in [0, 0.1) is 6.92 Å². The Morgan fingerprint density at radius 1 is 1.10 bits per heavy atom. The van der Waals surface area contributed by atoms with Crippen molar-refractivity contribution in [1.29, 1.82) is 0 Å². The lowest BCUT2D eigenvalue weighted by atomic mass is 10.1. The first kappa shape index (κ1) is 19.1. The lowest BCUT2D eigenvalue weighted by molar-refractivity contribution is 0.122. The van der Waals surface area contributed by atoms with Crippen molar-refractivity contribution in [3.05, 3.63) is 60.3 Å². The average molecular weight is 391 g/mol. The molecule has 1 saturated heterocycles. The molecule has 0 spiro atoms. The van der Waals surface area contributed by atoms with Crippen molar-refractivity contribution in [2.45, 2.75) is 13.8 Å². The van der Waals surface area contributed by atoms with Gasteiger partial charge in [0.1, 0.15) is 12.4 Å². The molecule has 7 heteroatoms. The van der Waals surface area contributed by atoms with Crippen molar-refractivity contribution < 1.29 is 9.47 Å². The summed E-state index contributed by atoms with van der Waals surface area (Å²) < 4.78 is 13.0. The minimum absolute atomic E-state index is 0.342. The van der Waals surface area contributed by atoms with E-state index in [4.69, 9.17) is 14.6 Å². The Morgan fingerprint density at radius 2 is 1.93 bits per heavy atom. The maximum absolute atomic E-state index is 5.74. The van der Waals surface area contributed by atoms with E-state index < -0.39 is 0 Å². The largest absolute Gasteiger partial charge is 0.459 e. The van der Waals surface area contributed by atoms with Crippen LogP contribution in [0.15, 0.2) is 54.7 Å². The number of benzene rings is 1. The van der Waals surface area contributed by atoms with Crippen LogP contribution in [-0.4, -0.2) is 52.7 Å². The molecule has 1 fully saturated rings. The molecule has 0 saturated carbocycles. The van der Waals surface area contributed by atoms with Gasteiger partial charge in [-0.25, -0.2) is 4.68 Å². The third-order valence-corrected chi connectivity index (χ3v) is 4.70. The van der Waals surface area contributed by atoms with E-state index in [0.29, 0.717) is 31.6 Å². The lowest BCUT2D eigenvalue weighted by Gasteiger charge is -2.28. The van der Waals surface area contributed by atoms with Gasteiger partial charge < -0.3 is 14.4 Å². The quantitative estimate of drug-likeness (QED) is 0.600. The SMILES string of the molecule is C/C=C/COc1nc(N2CCOCC2)cc(-n2ccc(-c3cccc(C)c3)n2)n1. The predicted molar refractivity (Wildman–Crippen MR) is 113 cm³/mol. The zero-order valence-corrected chi connectivity index (χ0v) is 16.8. The number of allylic oxidation sites excluding steroid dienone is 1. The molecular formula is C22H25N5O2. The molecule has 150 valence electrons. The van der Waals surface area contributed by atoms with E-state index in [9.17, 15) is 0 Å². The summed E-state index contributed by atoms with van der Waals surface area (Å²) in [6.07, 6.45) is 5.78. The van der Waals surface area contributed by atoms with Gasteiger partial charge in [0.2, 0.25) is 0 Å². The van der Waals surface area contributed by atoms with Gasteiger partial charge in [0.15, 0.2) is 5.82 Å². The van der Waals surface area contributed by atoms with Crippen molar-refractivity contribution in [2.24, 2.45) is 0 Å². The van der Waals surface area contributed by atoms with E-state index in [1.807, 2.05) is 43.5 Å². The fourth-order valence-electron chi connectivity index (χ4n) is 3.17. The van der Waals surface area contributed by atoms with Gasteiger partial charge in [-0.15, -0.1) is 0 Å². The molecule has 0 unspecified atom stereocenters. The molecule has 0 atom stereocenters. The minimum atomic E-state index is 0.342. The van der Waals surface area contributed by atoms with Crippen molar-refractivity contribution in [3.8, 4) is 23.1 Å². The van der Waals surface area contributed by atoms with Gasteiger partial charge in [0, 0.05) is 30.9 Å². The summed E-state index contributed by atoms with van der Waals surface area (Å²) in [5, 5.41) is 4.73. The summed E-state index contributed by atoms with van der Waals surface area (Å²) in [5.74, 6) is 1.50. The standard InChI is InChI=1S/C22H25N5O2/c1-3-4-12-29-22-23-20(26-10-13-28-14-11-26)16-21(24-22)27-9-8-19(25-27)18-7-5-6-17(2)15-18/h3-9,15-16H,10-14H2,1-2H3/b4-3+. The maximum Gasteiger partial charge on any atom is 0.320 e. The third kappa shape index (κ3) is 4.63. The summed E-state index contributed by atoms with van der Waals surface area (Å²) in [7, 11) is 0. The molecular weight excluding hydrogens is 366 g/mol. The molecule has 1 aromatic carbocycles. The van der Waals surface area contributed by atoms with E-state index in [1.54, 1.807) is 4.68 Å². The van der Waals surface area contributed by atoms with Gasteiger partial charge in [-0.2, -0.15) is 15.1 Å². The number of hydrogen-bond donors (Lipinski definition) is 0. The molecule has 0 aliphatic carbocycles. The summed E-state index contributed by atoms with van der Waals surface area (Å²) in [6.45, 7) is 7.41. The van der Waals surface area contributed by atoms with Crippen LogP contribution in [0.2, 0.25) is 0 Å². The third-order valence-electron chi connectivity index (χ3n) is 4.70. The lowest BCUT2D eigenvalue weighted by Crippen LogP contribution is -2.37. The van der Waals surface area contributed by atoms with E-state index in [-0.39, 0.29) is 0 Å². The van der Waals surface area contributed by atoms with Gasteiger partial charge in [0.05, 0.1) is 18.9 Å². The number of hydrogen-bond acceptors (Lipinski definition) is 6. The highest BCUT2D eigenvalue weighted by atomic mass is 16.5. The molecule has 3 aromatic rings. The zero-order chi connectivity index (χ0) is 20.1. The second-order valence-corrected chi connectivity index (χ2v) is 6.86. The summed E-state index contributed by atoms with van der Waals surface area (Å²) in [6, 6.07) is 12.6. The second kappa shape index (κ2) is 8.87. The number of aryl methyl sites for hydroxylation is 1. The first-order valence-corrected chi connectivity index (χ1v) is 9.82. The second-order valence-electron chi connectivity index (χ2n) is 6.86. The first-order chi connectivity index (χ1) is 14.2. The molecule has 0 bridgehead atoms. The van der Waals surface area contributed by atoms with Crippen LogP contribution >= 0.6 is 0 Å². The minimum Gasteiger partial charge on any atom is -0.459 e. The van der Waals surface area contributed by atoms with Gasteiger partial charge in [-0.1, -0.05) is 35.9 Å². The Bertz CT molecular complexity index is 992. The van der Waals surface area contributed by atoms with Gasteiger partial charge >= 0.3 is 6.01 Å². The van der Waals surface area contributed by atoms with Gasteiger partial charge in [0.25, 0.3) is 0 Å². The number of morpholine rings is 1. The highest BCUT2D eigenvalue weighted by Crippen LogP contribution is 2.23. The van der Waals surface area contributed by atoms with Crippen molar-refractivity contribution in [3.63, 3.8) is 0 Å².